The molecule has 0 radical (unpaired) electrons. The number of halogens is 1. The second-order valence-corrected chi connectivity index (χ2v) is 6.56. The van der Waals surface area contributed by atoms with Crippen LogP contribution in [0.15, 0.2) is 36.4 Å². The molecule has 0 unspecified atom stereocenters. The van der Waals surface area contributed by atoms with Crippen LogP contribution in [0.5, 0.6) is 5.75 Å². The third kappa shape index (κ3) is 3.46. The molecule has 1 amide bonds. The Balaban J connectivity index is 1.79. The van der Waals surface area contributed by atoms with E-state index in [0.717, 1.165) is 10.3 Å². The van der Waals surface area contributed by atoms with Crippen molar-refractivity contribution in [3.63, 3.8) is 0 Å². The zero-order valence-electron chi connectivity index (χ0n) is 12.7. The highest BCUT2D eigenvalue weighted by Gasteiger charge is 2.14. The molecule has 0 spiro atoms. The van der Waals surface area contributed by atoms with Gasteiger partial charge in [0.25, 0.3) is 0 Å². The maximum atomic E-state index is 12.2. The fourth-order valence-corrected chi connectivity index (χ4v) is 3.40. The second kappa shape index (κ2) is 6.56. The Labute approximate surface area is 143 Å². The van der Waals surface area contributed by atoms with Crippen LogP contribution in [0.1, 0.15) is 11.1 Å². The van der Waals surface area contributed by atoms with Crippen molar-refractivity contribution in [1.29, 1.82) is 0 Å². The van der Waals surface area contributed by atoms with E-state index >= 15 is 0 Å². The van der Waals surface area contributed by atoms with E-state index in [-0.39, 0.29) is 5.91 Å². The number of thiazole rings is 1. The number of aryl methyl sites for hydroxylation is 1. The highest BCUT2D eigenvalue weighted by atomic mass is 35.5. The van der Waals surface area contributed by atoms with Crippen LogP contribution in [-0.4, -0.2) is 18.0 Å². The van der Waals surface area contributed by atoms with E-state index in [1.807, 2.05) is 31.2 Å². The summed E-state index contributed by atoms with van der Waals surface area (Å²) in [5.74, 6) is 0.530. The maximum absolute atomic E-state index is 12.2. The van der Waals surface area contributed by atoms with E-state index in [4.69, 9.17) is 16.3 Å². The van der Waals surface area contributed by atoms with Crippen LogP contribution in [0.3, 0.4) is 0 Å². The van der Waals surface area contributed by atoms with Gasteiger partial charge in [-0.25, -0.2) is 4.98 Å². The zero-order valence-corrected chi connectivity index (χ0v) is 14.3. The first-order chi connectivity index (χ1) is 11.1. The smallest absolute Gasteiger partial charge is 0.230 e. The van der Waals surface area contributed by atoms with Crippen LogP contribution in [0.25, 0.3) is 10.2 Å². The Kier molecular flexibility index (Phi) is 4.50. The lowest BCUT2D eigenvalue weighted by Gasteiger charge is -2.02. The van der Waals surface area contributed by atoms with Crippen molar-refractivity contribution in [3.05, 3.63) is 52.5 Å². The third-order valence-corrected chi connectivity index (χ3v) is 4.84. The summed E-state index contributed by atoms with van der Waals surface area (Å²) in [4.78, 5) is 16.6. The summed E-state index contributed by atoms with van der Waals surface area (Å²) in [5, 5.41) is 3.94. The van der Waals surface area contributed by atoms with Crippen molar-refractivity contribution in [3.8, 4) is 5.75 Å². The first-order valence-corrected chi connectivity index (χ1v) is 8.24. The number of fused-ring (bicyclic) bond motifs is 1. The Hall–Kier alpha value is -2.11. The van der Waals surface area contributed by atoms with E-state index in [0.29, 0.717) is 27.8 Å². The molecule has 0 aliphatic rings. The molecular weight excluding hydrogens is 332 g/mol. The van der Waals surface area contributed by atoms with Gasteiger partial charge in [-0.15, -0.1) is 0 Å². The summed E-state index contributed by atoms with van der Waals surface area (Å²) in [7, 11) is 1.58. The third-order valence-electron chi connectivity index (χ3n) is 3.41. The molecule has 3 aromatic rings. The Morgan fingerprint density at radius 2 is 2.00 bits per heavy atom. The number of benzene rings is 2. The molecule has 6 heteroatoms. The number of methoxy groups -OCH3 is 1. The summed E-state index contributed by atoms with van der Waals surface area (Å²) in [5.41, 5.74) is 2.79. The normalized spacial score (nSPS) is 10.7. The molecule has 3 rings (SSSR count). The molecule has 1 aromatic heterocycles. The number of aromatic nitrogens is 1. The van der Waals surface area contributed by atoms with Gasteiger partial charge in [0.15, 0.2) is 5.13 Å². The van der Waals surface area contributed by atoms with E-state index < -0.39 is 0 Å². The van der Waals surface area contributed by atoms with Gasteiger partial charge in [0.05, 0.1) is 23.3 Å². The zero-order chi connectivity index (χ0) is 16.4. The quantitative estimate of drug-likeness (QED) is 0.759. The number of rotatable bonds is 4. The van der Waals surface area contributed by atoms with E-state index in [9.17, 15) is 4.79 Å². The number of hydrogen-bond acceptors (Lipinski definition) is 4. The van der Waals surface area contributed by atoms with Gasteiger partial charge in [-0.2, -0.15) is 0 Å². The SMILES string of the molecule is COc1ccc(Cl)c2sc(NC(=O)Cc3ccc(C)cc3)nc12. The van der Waals surface area contributed by atoms with Crippen LogP contribution < -0.4 is 10.1 Å². The van der Waals surface area contributed by atoms with Crippen molar-refractivity contribution in [2.45, 2.75) is 13.3 Å². The van der Waals surface area contributed by atoms with E-state index in [1.165, 1.54) is 16.9 Å². The van der Waals surface area contributed by atoms with Crippen LogP contribution in [0.2, 0.25) is 5.02 Å². The average molecular weight is 347 g/mol. The number of anilines is 1. The molecule has 0 aliphatic carbocycles. The highest BCUT2D eigenvalue weighted by Crippen LogP contribution is 2.37. The van der Waals surface area contributed by atoms with Gasteiger partial charge in [-0.3, -0.25) is 4.79 Å². The number of carbonyl (C=O) groups excluding carboxylic acids is 1. The molecular formula is C17H15ClN2O2S. The molecule has 1 heterocycles. The highest BCUT2D eigenvalue weighted by molar-refractivity contribution is 7.23. The van der Waals surface area contributed by atoms with Crippen molar-refractivity contribution >= 4 is 44.2 Å². The lowest BCUT2D eigenvalue weighted by Crippen LogP contribution is -2.14. The molecule has 0 saturated carbocycles. The Bertz CT molecular complexity index is 859. The van der Waals surface area contributed by atoms with Crippen LogP contribution in [0.4, 0.5) is 5.13 Å². The molecule has 118 valence electrons. The van der Waals surface area contributed by atoms with Gasteiger partial charge in [-0.05, 0) is 24.6 Å². The van der Waals surface area contributed by atoms with Crippen LogP contribution >= 0.6 is 22.9 Å². The molecule has 1 N–H and O–H groups in total. The number of amides is 1. The van der Waals surface area contributed by atoms with Gasteiger partial charge in [0.1, 0.15) is 11.3 Å². The molecule has 23 heavy (non-hydrogen) atoms. The topological polar surface area (TPSA) is 51.2 Å². The molecule has 4 nitrogen and oxygen atoms in total. The second-order valence-electron chi connectivity index (χ2n) is 5.16. The first-order valence-electron chi connectivity index (χ1n) is 7.05. The minimum absolute atomic E-state index is 0.108. The van der Waals surface area contributed by atoms with Gasteiger partial charge in [0, 0.05) is 0 Å². The molecule has 0 saturated heterocycles. The van der Waals surface area contributed by atoms with Gasteiger partial charge >= 0.3 is 0 Å². The minimum atomic E-state index is -0.108. The number of nitrogens with zero attached hydrogens (tertiary/aromatic N) is 1. The lowest BCUT2D eigenvalue weighted by atomic mass is 10.1. The minimum Gasteiger partial charge on any atom is -0.494 e. The summed E-state index contributed by atoms with van der Waals surface area (Å²) in [6, 6.07) is 11.4. The summed E-state index contributed by atoms with van der Waals surface area (Å²) < 4.78 is 6.08. The Morgan fingerprint density at radius 1 is 1.26 bits per heavy atom. The van der Waals surface area contributed by atoms with Gasteiger partial charge in [-0.1, -0.05) is 52.8 Å². The molecule has 0 aliphatic heterocycles. The average Bonchev–Trinajstić information content (AvgIpc) is 2.94. The van der Waals surface area contributed by atoms with Gasteiger partial charge < -0.3 is 10.1 Å². The largest absolute Gasteiger partial charge is 0.494 e. The van der Waals surface area contributed by atoms with Gasteiger partial charge in [0.2, 0.25) is 5.91 Å². The van der Waals surface area contributed by atoms with Crippen molar-refractivity contribution in [1.82, 2.24) is 4.98 Å². The predicted molar refractivity (Wildman–Crippen MR) is 94.7 cm³/mol. The fourth-order valence-electron chi connectivity index (χ4n) is 2.23. The number of ether oxygens (including phenoxy) is 1. The van der Waals surface area contributed by atoms with E-state index in [2.05, 4.69) is 10.3 Å². The molecule has 0 fully saturated rings. The van der Waals surface area contributed by atoms with Crippen LogP contribution in [-0.2, 0) is 11.2 Å². The standard InChI is InChI=1S/C17H15ClN2O2S/c1-10-3-5-11(6-4-10)9-14(21)19-17-20-15-13(22-2)8-7-12(18)16(15)23-17/h3-8H,9H2,1-2H3,(H,19,20,21). The number of hydrogen-bond donors (Lipinski definition) is 1. The fraction of sp³-hybridized carbons (Fsp3) is 0.176. The predicted octanol–water partition coefficient (Wildman–Crippen LogP) is 4.45. The van der Waals surface area contributed by atoms with Crippen molar-refractivity contribution in [2.75, 3.05) is 12.4 Å². The number of nitrogens with one attached hydrogen (secondary N) is 1. The summed E-state index contributed by atoms with van der Waals surface area (Å²) in [6.07, 6.45) is 0.307. The molecule has 0 bridgehead atoms. The lowest BCUT2D eigenvalue weighted by molar-refractivity contribution is -0.115. The Morgan fingerprint density at radius 3 is 2.70 bits per heavy atom. The monoisotopic (exact) mass is 346 g/mol. The van der Waals surface area contributed by atoms with Crippen molar-refractivity contribution < 1.29 is 9.53 Å². The summed E-state index contributed by atoms with van der Waals surface area (Å²) in [6.45, 7) is 2.02. The van der Waals surface area contributed by atoms with Crippen molar-refractivity contribution in [2.24, 2.45) is 0 Å². The first kappa shape index (κ1) is 15.8. The maximum Gasteiger partial charge on any atom is 0.230 e. The summed E-state index contributed by atoms with van der Waals surface area (Å²) >= 11 is 7.52. The van der Waals surface area contributed by atoms with E-state index in [1.54, 1.807) is 19.2 Å². The van der Waals surface area contributed by atoms with Crippen LogP contribution in [0, 0.1) is 6.92 Å². The molecule has 0 atom stereocenters. The molecule has 2 aromatic carbocycles. The number of carbonyl (C=O) groups is 1.